The number of piperidine rings is 1. The average Bonchev–Trinajstić information content (AvgIpc) is 1.19. The number of carbonyl (C=O) groups excluding carboxylic acids is 7. The Labute approximate surface area is 531 Å². The van der Waals surface area contributed by atoms with Gasteiger partial charge in [-0.3, -0.25) is 39.0 Å². The molecule has 6 fully saturated rings. The number of Topliss-reactive ketones (excluding diaryl/α,β-unsaturated/α-hetero) is 1. The molecule has 9 rings (SSSR count). The van der Waals surface area contributed by atoms with Crippen molar-refractivity contribution in [2.24, 2.45) is 41.1 Å². The number of benzene rings is 3. The first-order valence-electron chi connectivity index (χ1n) is 33.1. The molecule has 20 heteroatoms. The lowest BCUT2D eigenvalue weighted by atomic mass is 9.76. The van der Waals surface area contributed by atoms with E-state index in [2.05, 4.69) is 16.0 Å². The van der Waals surface area contributed by atoms with Gasteiger partial charge in [0.05, 0.1) is 6.04 Å². The Kier molecular flexibility index (Phi) is 26.8. The average molecular weight is 1240 g/mol. The van der Waals surface area contributed by atoms with Crippen LogP contribution in [0.1, 0.15) is 202 Å². The second kappa shape index (κ2) is 34.5. The summed E-state index contributed by atoms with van der Waals surface area (Å²) in [5.74, 6) is -1.28. The van der Waals surface area contributed by atoms with Gasteiger partial charge < -0.3 is 62.8 Å². The third-order valence-corrected chi connectivity index (χ3v) is 19.4. The highest BCUT2D eigenvalue weighted by Crippen LogP contribution is 2.37. The van der Waals surface area contributed by atoms with Crippen molar-refractivity contribution in [1.82, 2.24) is 30.7 Å². The fourth-order valence-electron chi connectivity index (χ4n) is 13.8. The number of carbonyl (C=O) groups is 8. The quantitative estimate of drug-likeness (QED) is 0.0319. The molecule has 3 aromatic carbocycles. The van der Waals surface area contributed by atoms with Crippen LogP contribution in [0.3, 0.4) is 0 Å². The maximum Gasteiger partial charge on any atom is 0.303 e. The van der Waals surface area contributed by atoms with Crippen molar-refractivity contribution in [3.8, 4) is 0 Å². The third kappa shape index (κ3) is 19.9. The van der Waals surface area contributed by atoms with E-state index in [1.165, 1.54) is 19.3 Å². The van der Waals surface area contributed by atoms with Gasteiger partial charge in [0.25, 0.3) is 0 Å². The Balaban J connectivity index is 0.000000193. The third-order valence-electron chi connectivity index (χ3n) is 19.4. The first-order valence-corrected chi connectivity index (χ1v) is 33.1. The minimum absolute atomic E-state index is 0.00244. The van der Waals surface area contributed by atoms with Crippen LogP contribution in [-0.2, 0) is 58.0 Å². The lowest BCUT2D eigenvalue weighted by Gasteiger charge is -2.43. The number of hydrogen-bond acceptors (Lipinski definition) is 12. The second-order valence-electron chi connectivity index (χ2n) is 25.9. The second-order valence-corrected chi connectivity index (χ2v) is 25.9. The van der Waals surface area contributed by atoms with E-state index >= 15 is 0 Å². The molecule has 0 unspecified atom stereocenters. The van der Waals surface area contributed by atoms with E-state index in [4.69, 9.17) is 27.7 Å². The highest BCUT2D eigenvalue weighted by Gasteiger charge is 2.44. The molecule has 3 aliphatic carbocycles. The number of carboxylic acids is 1. The van der Waals surface area contributed by atoms with Crippen molar-refractivity contribution in [2.45, 2.75) is 212 Å². The van der Waals surface area contributed by atoms with E-state index in [0.717, 1.165) is 118 Å². The number of amidine groups is 1. The predicted octanol–water partition coefficient (Wildman–Crippen LogP) is 8.70. The van der Waals surface area contributed by atoms with Gasteiger partial charge in [0.2, 0.25) is 35.4 Å². The van der Waals surface area contributed by atoms with Crippen LogP contribution in [-0.4, -0.2) is 128 Å². The predicted molar refractivity (Wildman–Crippen MR) is 347 cm³/mol. The Hall–Kier alpha value is -7.61. The molecule has 0 spiro atoms. The number of nitrogens with one attached hydrogen (secondary N) is 6. The van der Waals surface area contributed by atoms with Crippen molar-refractivity contribution in [2.75, 3.05) is 19.6 Å². The van der Waals surface area contributed by atoms with Crippen molar-refractivity contribution in [3.05, 3.63) is 106 Å². The minimum atomic E-state index is -0.882. The molecule has 11 N–H and O–H groups in total. The Morgan fingerprint density at radius 2 is 0.822 bits per heavy atom. The lowest BCUT2D eigenvalue weighted by molar-refractivity contribution is -0.153. The Morgan fingerprint density at radius 1 is 0.467 bits per heavy atom. The summed E-state index contributed by atoms with van der Waals surface area (Å²) in [6.07, 6.45) is 20.6. The molecule has 6 atom stereocenters. The van der Waals surface area contributed by atoms with Crippen LogP contribution in [0.2, 0.25) is 0 Å². The Bertz CT molecular complexity index is 2970. The number of nitrogen functional groups attached to an aromatic ring is 1. The molecular weight excluding hydrogens is 1140 g/mol. The molecule has 0 bridgehead atoms. The summed E-state index contributed by atoms with van der Waals surface area (Å²) in [5, 5.41) is 40.8. The topological polar surface area (TPSA) is 326 Å². The molecule has 3 saturated heterocycles. The van der Waals surface area contributed by atoms with Crippen molar-refractivity contribution in [3.63, 3.8) is 0 Å². The van der Waals surface area contributed by atoms with E-state index < -0.39 is 30.1 Å². The molecule has 488 valence electrons. The summed E-state index contributed by atoms with van der Waals surface area (Å²) in [4.78, 5) is 106. The van der Waals surface area contributed by atoms with Crippen molar-refractivity contribution in [1.29, 1.82) is 16.2 Å². The van der Waals surface area contributed by atoms with Gasteiger partial charge in [-0.05, 0) is 143 Å². The molecule has 3 saturated carbocycles. The standard InChI is InChI=1S/C25H36N4O4.C24H33N3O3.C21H30N4O2/c26-23(27)19-11-9-17(10-12-19)16-28-24(32)21-8-4-5-15-29(21)25(33)20(13-14-22(30)31)18-6-2-1-3-7-18;1-16(28)14-21(20-6-4-3-5-7-20)24(30)27-13-12-22(27)23(29)26-15-18-8-10-19(11-9-18)17(2)25;1-14(22)16-9-7-15(8-10-16)13-24-20(26)18-11-12-25(18)21(27)19(23)17-5-3-2-4-6-17/h9-12,18,20-21H,1-8,13-16H2,(H3,26,27)(H,28,32)(H,30,31);8-11,20-22,25H,3-7,12-15H2,1-2H3,(H,26,29);7-10,17-19,22H,2-6,11-13,23H2,1H3,(H,24,26)/t20-,21-;21-,22+;18-,19+/m110/s1. The maximum atomic E-state index is 13.6. The molecule has 0 aromatic heterocycles. The SMILES string of the molecule is CC(=N)c1ccc(CNC(=O)[C@@H]2CCN2C(=O)[C@H](CC(C)=O)C2CCCCC2)cc1.CC(=N)c1ccc(CNC(=O)[C@@H]2CCN2C(=O)[C@H](N)C2CCCCC2)cc1.N=C(N)c1ccc(CNC(=O)[C@H]2CCCCN2C(=O)[C@H](CCC(=O)O)C2CCCCC2)cc1. The van der Waals surface area contributed by atoms with Gasteiger partial charge in [0, 0.05) is 80.9 Å². The molecule has 0 radical (unpaired) electrons. The van der Waals surface area contributed by atoms with Crippen LogP contribution in [0.25, 0.3) is 0 Å². The highest BCUT2D eigenvalue weighted by molar-refractivity contribution is 5.97. The van der Waals surface area contributed by atoms with Gasteiger partial charge >= 0.3 is 5.97 Å². The van der Waals surface area contributed by atoms with Crippen molar-refractivity contribution >= 4 is 64.5 Å². The minimum Gasteiger partial charge on any atom is -0.481 e. The van der Waals surface area contributed by atoms with Crippen LogP contribution in [0, 0.1) is 45.8 Å². The maximum absolute atomic E-state index is 13.6. The number of carboxylic acid groups (broad SMARTS) is 1. The zero-order valence-electron chi connectivity index (χ0n) is 53.3. The number of amides is 6. The molecule has 3 heterocycles. The van der Waals surface area contributed by atoms with E-state index in [9.17, 15) is 43.5 Å². The number of hydrogen-bond donors (Lipinski definition) is 9. The van der Waals surface area contributed by atoms with E-state index in [0.29, 0.717) is 81.9 Å². The summed E-state index contributed by atoms with van der Waals surface area (Å²) in [5.41, 5.74) is 17.9. The number of likely N-dealkylation sites (tertiary alicyclic amines) is 3. The number of nitrogens with two attached hydrogens (primary N) is 2. The molecule has 6 aliphatic rings. The largest absolute Gasteiger partial charge is 0.481 e. The number of nitrogens with zero attached hydrogens (tertiary/aromatic N) is 3. The molecule has 90 heavy (non-hydrogen) atoms. The highest BCUT2D eigenvalue weighted by atomic mass is 16.4. The summed E-state index contributed by atoms with van der Waals surface area (Å²) in [6, 6.07) is 20.5. The van der Waals surface area contributed by atoms with E-state index in [1.54, 1.807) is 47.6 Å². The van der Waals surface area contributed by atoms with Crippen LogP contribution in [0.4, 0.5) is 0 Å². The van der Waals surface area contributed by atoms with Gasteiger partial charge in [-0.15, -0.1) is 0 Å². The fourth-order valence-corrected chi connectivity index (χ4v) is 13.8. The normalized spacial score (nSPS) is 20.5. The molecular formula is C70H99N11O9. The van der Waals surface area contributed by atoms with Crippen LogP contribution in [0.5, 0.6) is 0 Å². The van der Waals surface area contributed by atoms with Crippen LogP contribution >= 0.6 is 0 Å². The number of rotatable bonds is 23. The van der Waals surface area contributed by atoms with Gasteiger partial charge in [-0.1, -0.05) is 131 Å². The molecule has 20 nitrogen and oxygen atoms in total. The van der Waals surface area contributed by atoms with E-state index in [1.807, 2.05) is 60.7 Å². The summed E-state index contributed by atoms with van der Waals surface area (Å²) >= 11 is 0. The van der Waals surface area contributed by atoms with Gasteiger partial charge in [0.15, 0.2) is 0 Å². The van der Waals surface area contributed by atoms with Gasteiger partial charge in [-0.2, -0.15) is 0 Å². The molecule has 3 aromatic rings. The zero-order chi connectivity index (χ0) is 64.9. The monoisotopic (exact) mass is 1240 g/mol. The van der Waals surface area contributed by atoms with E-state index in [-0.39, 0.29) is 89.5 Å². The molecule has 3 aliphatic heterocycles. The smallest absolute Gasteiger partial charge is 0.303 e. The first-order chi connectivity index (χ1) is 43.2. The number of ketones is 1. The number of aliphatic carboxylic acids is 1. The van der Waals surface area contributed by atoms with Crippen LogP contribution < -0.4 is 27.4 Å². The first kappa shape index (κ1) is 69.9. The van der Waals surface area contributed by atoms with Gasteiger partial charge in [0.1, 0.15) is 29.7 Å². The summed E-state index contributed by atoms with van der Waals surface area (Å²) < 4.78 is 0. The Morgan fingerprint density at radius 3 is 1.20 bits per heavy atom. The van der Waals surface area contributed by atoms with Crippen molar-refractivity contribution < 1.29 is 43.5 Å². The summed E-state index contributed by atoms with van der Waals surface area (Å²) in [6.45, 7) is 7.94. The summed E-state index contributed by atoms with van der Waals surface area (Å²) in [7, 11) is 0. The lowest BCUT2D eigenvalue weighted by Crippen LogP contribution is -2.62. The zero-order valence-corrected chi connectivity index (χ0v) is 53.3. The fraction of sp³-hybridized carbons (Fsp3) is 0.586. The van der Waals surface area contributed by atoms with Gasteiger partial charge in [-0.25, -0.2) is 0 Å². The molecule has 6 amide bonds. The van der Waals surface area contributed by atoms with Crippen LogP contribution in [0.15, 0.2) is 72.8 Å².